The molecule has 2 heterocycles. The molecule has 1 aliphatic heterocycles. The molecule has 4 nitrogen and oxygen atoms in total. The molecule has 6 heteroatoms. The fourth-order valence-electron chi connectivity index (χ4n) is 2.13. The van der Waals surface area contributed by atoms with Gasteiger partial charge in [-0.05, 0) is 48.2 Å². The van der Waals surface area contributed by atoms with Gasteiger partial charge in [0.15, 0.2) is 0 Å². The maximum atomic E-state index is 11.8. The molecule has 1 atom stereocenters. The molecule has 1 aromatic rings. The summed E-state index contributed by atoms with van der Waals surface area (Å²) in [6.07, 6.45) is 4.22. The summed E-state index contributed by atoms with van der Waals surface area (Å²) in [7, 11) is -3.14. The van der Waals surface area contributed by atoms with Gasteiger partial charge < -0.3 is 5.32 Å². The molecule has 102 valence electrons. The van der Waals surface area contributed by atoms with E-state index in [0.29, 0.717) is 19.0 Å². The highest BCUT2D eigenvalue weighted by molar-refractivity contribution is 7.89. The molecule has 1 aliphatic rings. The maximum absolute atomic E-state index is 11.8. The van der Waals surface area contributed by atoms with E-state index in [1.807, 2.05) is 16.8 Å². The van der Waals surface area contributed by atoms with E-state index in [1.54, 1.807) is 11.3 Å². The van der Waals surface area contributed by atoms with E-state index in [1.165, 1.54) is 12.8 Å². The zero-order valence-electron chi connectivity index (χ0n) is 10.4. The molecule has 2 rings (SSSR count). The van der Waals surface area contributed by atoms with Crippen molar-refractivity contribution in [2.45, 2.75) is 38.3 Å². The molecular weight excluding hydrogens is 268 g/mol. The zero-order chi connectivity index (χ0) is 12.8. The summed E-state index contributed by atoms with van der Waals surface area (Å²) >= 11 is 1.58. The van der Waals surface area contributed by atoms with Gasteiger partial charge in [-0.15, -0.1) is 0 Å². The first-order valence-electron chi connectivity index (χ1n) is 6.37. The van der Waals surface area contributed by atoms with E-state index in [0.717, 1.165) is 18.5 Å². The second kappa shape index (κ2) is 6.65. The third-order valence-electron chi connectivity index (χ3n) is 3.22. The lowest BCUT2D eigenvalue weighted by atomic mass is 10.0. The summed E-state index contributed by atoms with van der Waals surface area (Å²) in [6, 6.07) is 2.31. The van der Waals surface area contributed by atoms with Crippen LogP contribution >= 0.6 is 11.3 Å². The van der Waals surface area contributed by atoms with E-state index in [4.69, 9.17) is 0 Å². The predicted octanol–water partition coefficient (Wildman–Crippen LogP) is 1.70. The van der Waals surface area contributed by atoms with E-state index in [2.05, 4.69) is 10.0 Å². The van der Waals surface area contributed by atoms with Crippen molar-refractivity contribution >= 4 is 21.4 Å². The van der Waals surface area contributed by atoms with Crippen molar-refractivity contribution in [3.63, 3.8) is 0 Å². The summed E-state index contributed by atoms with van der Waals surface area (Å²) in [6.45, 7) is 1.43. The minimum Gasteiger partial charge on any atom is -0.314 e. The van der Waals surface area contributed by atoms with Crippen LogP contribution < -0.4 is 10.0 Å². The van der Waals surface area contributed by atoms with Gasteiger partial charge in [0.1, 0.15) is 0 Å². The van der Waals surface area contributed by atoms with Crippen LogP contribution in [0.2, 0.25) is 0 Å². The van der Waals surface area contributed by atoms with Gasteiger partial charge in [-0.25, -0.2) is 13.1 Å². The fourth-order valence-corrected chi connectivity index (χ4v) is 3.92. The molecular formula is C12H20N2O2S2. The fraction of sp³-hybridized carbons (Fsp3) is 0.667. The van der Waals surface area contributed by atoms with Crippen LogP contribution in [0.25, 0.3) is 0 Å². The van der Waals surface area contributed by atoms with Crippen molar-refractivity contribution in [2.75, 3.05) is 12.3 Å². The summed E-state index contributed by atoms with van der Waals surface area (Å²) in [5.41, 5.74) is 1.03. The van der Waals surface area contributed by atoms with Gasteiger partial charge in [0.05, 0.1) is 5.75 Å². The molecule has 18 heavy (non-hydrogen) atoms. The highest BCUT2D eigenvalue weighted by atomic mass is 32.2. The smallest absolute Gasteiger partial charge is 0.211 e. The average Bonchev–Trinajstić information content (AvgIpc) is 2.89. The topological polar surface area (TPSA) is 58.2 Å². The van der Waals surface area contributed by atoms with Gasteiger partial charge in [-0.2, -0.15) is 11.3 Å². The van der Waals surface area contributed by atoms with E-state index >= 15 is 0 Å². The van der Waals surface area contributed by atoms with Crippen LogP contribution in [0.3, 0.4) is 0 Å². The lowest BCUT2D eigenvalue weighted by Gasteiger charge is -2.23. The van der Waals surface area contributed by atoms with Crippen LogP contribution in [-0.2, 0) is 16.6 Å². The summed E-state index contributed by atoms with van der Waals surface area (Å²) in [4.78, 5) is 0. The van der Waals surface area contributed by atoms with Crippen LogP contribution in [0.5, 0.6) is 0 Å². The van der Waals surface area contributed by atoms with Crippen molar-refractivity contribution in [3.05, 3.63) is 22.4 Å². The van der Waals surface area contributed by atoms with Crippen LogP contribution in [0.1, 0.15) is 31.2 Å². The molecule has 0 spiro atoms. The quantitative estimate of drug-likeness (QED) is 0.837. The molecule has 0 aliphatic carbocycles. The monoisotopic (exact) mass is 288 g/mol. The number of rotatable bonds is 6. The van der Waals surface area contributed by atoms with Crippen molar-refractivity contribution in [3.8, 4) is 0 Å². The number of piperidine rings is 1. The van der Waals surface area contributed by atoms with Gasteiger partial charge in [0, 0.05) is 12.6 Å². The average molecular weight is 288 g/mol. The molecule has 0 amide bonds. The molecule has 2 N–H and O–H groups in total. The van der Waals surface area contributed by atoms with E-state index < -0.39 is 10.0 Å². The standard InChI is InChI=1S/C12H20N2O2S2/c15-18(16,14-9-11-4-7-17-10-11)8-5-12-3-1-2-6-13-12/h4,7,10,12-14H,1-3,5-6,8-9H2. The minimum absolute atomic E-state index is 0.217. The first-order chi connectivity index (χ1) is 8.66. The Morgan fingerprint density at radius 2 is 2.33 bits per heavy atom. The van der Waals surface area contributed by atoms with Crippen molar-refractivity contribution in [1.29, 1.82) is 0 Å². The van der Waals surface area contributed by atoms with Gasteiger partial charge in [0.2, 0.25) is 10.0 Å². The van der Waals surface area contributed by atoms with Gasteiger partial charge in [-0.3, -0.25) is 0 Å². The normalized spacial score (nSPS) is 21.0. The molecule has 0 aromatic carbocycles. The number of sulfonamides is 1. The van der Waals surface area contributed by atoms with Gasteiger partial charge in [-0.1, -0.05) is 6.42 Å². The summed E-state index contributed by atoms with van der Waals surface area (Å²) in [5.74, 6) is 0.217. The van der Waals surface area contributed by atoms with Crippen LogP contribution in [0.4, 0.5) is 0 Å². The van der Waals surface area contributed by atoms with Crippen molar-refractivity contribution < 1.29 is 8.42 Å². The zero-order valence-corrected chi connectivity index (χ0v) is 12.0. The molecule has 1 saturated heterocycles. The van der Waals surface area contributed by atoms with Crippen LogP contribution in [0.15, 0.2) is 16.8 Å². The predicted molar refractivity (Wildman–Crippen MR) is 75.2 cm³/mol. The first kappa shape index (κ1) is 14.0. The van der Waals surface area contributed by atoms with E-state index in [9.17, 15) is 8.42 Å². The molecule has 1 unspecified atom stereocenters. The maximum Gasteiger partial charge on any atom is 0.211 e. The Hall–Kier alpha value is -0.430. The number of thiophene rings is 1. The molecule has 0 saturated carbocycles. The Kier molecular flexibility index (Phi) is 5.17. The Morgan fingerprint density at radius 3 is 3.00 bits per heavy atom. The van der Waals surface area contributed by atoms with Crippen LogP contribution in [0, 0.1) is 0 Å². The SMILES string of the molecule is O=S(=O)(CCC1CCCCN1)NCc1ccsc1. The Labute approximate surface area is 113 Å². The highest BCUT2D eigenvalue weighted by Gasteiger charge is 2.17. The lowest BCUT2D eigenvalue weighted by Crippen LogP contribution is -2.37. The van der Waals surface area contributed by atoms with E-state index in [-0.39, 0.29) is 5.75 Å². The first-order valence-corrected chi connectivity index (χ1v) is 8.97. The number of hydrogen-bond acceptors (Lipinski definition) is 4. The third kappa shape index (κ3) is 4.68. The Bertz CT molecular complexity index is 437. The summed E-state index contributed by atoms with van der Waals surface area (Å²) in [5, 5.41) is 7.29. The highest BCUT2D eigenvalue weighted by Crippen LogP contribution is 2.11. The number of hydrogen-bond donors (Lipinski definition) is 2. The summed E-state index contributed by atoms with van der Waals surface area (Å²) < 4.78 is 26.3. The van der Waals surface area contributed by atoms with Crippen molar-refractivity contribution in [2.24, 2.45) is 0 Å². The van der Waals surface area contributed by atoms with Gasteiger partial charge in [0.25, 0.3) is 0 Å². The van der Waals surface area contributed by atoms with Gasteiger partial charge >= 0.3 is 0 Å². The molecule has 1 aromatic heterocycles. The second-order valence-electron chi connectivity index (χ2n) is 4.71. The Balaban J connectivity index is 1.73. The molecule has 1 fully saturated rings. The largest absolute Gasteiger partial charge is 0.314 e. The van der Waals surface area contributed by atoms with Crippen LogP contribution in [-0.4, -0.2) is 26.8 Å². The molecule has 0 bridgehead atoms. The minimum atomic E-state index is -3.14. The lowest BCUT2D eigenvalue weighted by molar-refractivity contribution is 0.392. The number of nitrogens with one attached hydrogen (secondary N) is 2. The molecule has 0 radical (unpaired) electrons. The second-order valence-corrected chi connectivity index (χ2v) is 7.41. The Morgan fingerprint density at radius 1 is 1.44 bits per heavy atom. The third-order valence-corrected chi connectivity index (χ3v) is 5.31. The van der Waals surface area contributed by atoms with Crippen molar-refractivity contribution in [1.82, 2.24) is 10.0 Å².